The second-order valence-electron chi connectivity index (χ2n) is 17.1. The maximum absolute atomic E-state index is 12.8. The number of benzene rings is 4. The average Bonchev–Trinajstić information content (AvgIpc) is 4.09. The normalized spacial score (nSPS) is 14.9. The van der Waals surface area contributed by atoms with Crippen molar-refractivity contribution in [3.63, 3.8) is 0 Å². The van der Waals surface area contributed by atoms with Crippen molar-refractivity contribution in [1.82, 2.24) is 51.0 Å². The fourth-order valence-electron chi connectivity index (χ4n) is 8.19. The number of carbonyl (C=O) groups is 4. The van der Waals surface area contributed by atoms with E-state index >= 15 is 0 Å². The molecule has 2 aliphatic heterocycles. The lowest BCUT2D eigenvalue weighted by Crippen LogP contribution is -2.42. The van der Waals surface area contributed by atoms with Crippen molar-refractivity contribution in [2.45, 2.75) is 117 Å². The minimum Gasteiger partial charge on any atom is -0.486 e. The van der Waals surface area contributed by atoms with E-state index in [1.165, 1.54) is 6.07 Å². The highest BCUT2D eigenvalue weighted by Crippen LogP contribution is 2.40. The summed E-state index contributed by atoms with van der Waals surface area (Å²) in [4.78, 5) is 50.7. The number of nitrogens with one attached hydrogen (secondary N) is 2. The van der Waals surface area contributed by atoms with Gasteiger partial charge in [-0.2, -0.15) is 0 Å². The predicted molar refractivity (Wildman–Crippen MR) is 242 cm³/mol. The number of fused-ring (bicyclic) bond motifs is 4. The lowest BCUT2D eigenvalue weighted by molar-refractivity contribution is 0.0341. The van der Waals surface area contributed by atoms with Gasteiger partial charge in [-0.05, 0) is 126 Å². The van der Waals surface area contributed by atoms with E-state index in [2.05, 4.69) is 69.4 Å². The van der Waals surface area contributed by atoms with Gasteiger partial charge in [-0.3, -0.25) is 30.0 Å². The van der Waals surface area contributed by atoms with Crippen molar-refractivity contribution in [2.24, 2.45) is 0 Å². The Balaban J connectivity index is 0.000000177. The first-order valence-electron chi connectivity index (χ1n) is 22.1. The van der Waals surface area contributed by atoms with Crippen LogP contribution in [0.1, 0.15) is 147 Å². The third kappa shape index (κ3) is 8.57. The van der Waals surface area contributed by atoms with Crippen molar-refractivity contribution in [3.05, 3.63) is 95.1 Å². The van der Waals surface area contributed by atoms with Crippen LogP contribution in [0, 0.1) is 0 Å². The van der Waals surface area contributed by atoms with Gasteiger partial charge >= 0.3 is 0 Å². The van der Waals surface area contributed by atoms with Crippen LogP contribution in [0.3, 0.4) is 0 Å². The summed E-state index contributed by atoms with van der Waals surface area (Å²) in [6.07, 6.45) is 3.68. The lowest BCUT2D eigenvalue weighted by atomic mass is 9.85. The molecule has 0 unspecified atom stereocenters. The zero-order chi connectivity index (χ0) is 46.2. The molecule has 0 spiro atoms. The van der Waals surface area contributed by atoms with Gasteiger partial charge < -0.3 is 13.9 Å². The van der Waals surface area contributed by atoms with Gasteiger partial charge in [0.1, 0.15) is 33.7 Å². The van der Waals surface area contributed by atoms with E-state index in [1.807, 2.05) is 62.7 Å². The molecule has 0 saturated carbocycles. The summed E-state index contributed by atoms with van der Waals surface area (Å²) in [5.41, 5.74) is 10.00. The highest BCUT2D eigenvalue weighted by atomic mass is 16.5. The number of hydrogen-bond donors (Lipinski definition) is 2. The minimum absolute atomic E-state index is 0.0543. The molecule has 17 heteroatoms. The van der Waals surface area contributed by atoms with Gasteiger partial charge in [-0.25, -0.2) is 9.36 Å². The molecule has 2 N–H and O–H groups in total. The number of carbonyl (C=O) groups excluding carboxylic acids is 4. The largest absolute Gasteiger partial charge is 0.486 e. The molecule has 0 atom stereocenters. The van der Waals surface area contributed by atoms with Crippen molar-refractivity contribution in [3.8, 4) is 34.4 Å². The number of ketones is 2. The fourth-order valence-corrected chi connectivity index (χ4v) is 8.19. The molecular formula is C48H52N10O7. The van der Waals surface area contributed by atoms with Crippen LogP contribution < -0.4 is 20.3 Å². The number of rotatable bonds is 10. The van der Waals surface area contributed by atoms with Gasteiger partial charge in [0.2, 0.25) is 11.8 Å². The van der Waals surface area contributed by atoms with E-state index in [1.54, 1.807) is 41.1 Å². The molecule has 5 heterocycles. The molecule has 0 fully saturated rings. The molecular weight excluding hydrogens is 829 g/mol. The Morgan fingerprint density at radius 2 is 1.02 bits per heavy atom. The Bertz CT molecular complexity index is 2960. The summed E-state index contributed by atoms with van der Waals surface area (Å²) >= 11 is 0. The van der Waals surface area contributed by atoms with E-state index in [0.29, 0.717) is 57.5 Å². The highest BCUT2D eigenvalue weighted by molar-refractivity contribution is 6.05. The van der Waals surface area contributed by atoms with Crippen LogP contribution in [0.4, 0.5) is 0 Å². The predicted octanol–water partition coefficient (Wildman–Crippen LogP) is 8.86. The van der Waals surface area contributed by atoms with Gasteiger partial charge in [-0.1, -0.05) is 38.1 Å². The van der Waals surface area contributed by atoms with Crippen molar-refractivity contribution < 1.29 is 33.1 Å². The second kappa shape index (κ2) is 17.7. The molecule has 65 heavy (non-hydrogen) atoms. The van der Waals surface area contributed by atoms with E-state index in [4.69, 9.17) is 13.9 Å². The molecule has 0 radical (unpaired) electrons. The zero-order valence-corrected chi connectivity index (χ0v) is 37.8. The molecule has 4 aromatic carbocycles. The number of hydrazine groups is 1. The Morgan fingerprint density at radius 1 is 0.585 bits per heavy atom. The topological polar surface area (TPSA) is 211 Å². The summed E-state index contributed by atoms with van der Waals surface area (Å²) in [5, 5.41) is 25.1. The van der Waals surface area contributed by atoms with Gasteiger partial charge in [0.05, 0.1) is 35.0 Å². The highest BCUT2D eigenvalue weighted by Gasteiger charge is 2.39. The molecule has 0 bridgehead atoms. The van der Waals surface area contributed by atoms with Crippen molar-refractivity contribution in [2.75, 3.05) is 0 Å². The number of nitrogens with zero attached hydrogens (tertiary/aromatic N) is 8. The van der Waals surface area contributed by atoms with Gasteiger partial charge in [0, 0.05) is 34.3 Å². The lowest BCUT2D eigenvalue weighted by Gasteiger charge is -2.36. The van der Waals surface area contributed by atoms with Gasteiger partial charge in [-0.15, -0.1) is 20.4 Å². The third-order valence-electron chi connectivity index (χ3n) is 12.4. The Hall–Kier alpha value is -7.30. The number of hydrogen-bond acceptors (Lipinski definition) is 13. The van der Waals surface area contributed by atoms with E-state index in [-0.39, 0.29) is 35.6 Å². The van der Waals surface area contributed by atoms with Crippen LogP contribution in [-0.2, 0) is 0 Å². The quantitative estimate of drug-likeness (QED) is 0.123. The molecule has 0 aliphatic carbocycles. The summed E-state index contributed by atoms with van der Waals surface area (Å²) in [7, 11) is 0. The maximum atomic E-state index is 12.8. The maximum Gasteiger partial charge on any atom is 0.269 e. The number of ether oxygens (including phenoxy) is 2. The van der Waals surface area contributed by atoms with Gasteiger partial charge in [0.15, 0.2) is 11.6 Å². The SMILES string of the molecule is CCC1(CC)CC(=O)c2cc(-c3nnc(-c4ccc5c(c4)nnn5C(C)C)o3)ccc2O1.CCC1(CC)CC(=O)c2cc(C(=O)NNC(=O)c3ccc4c(c3)nnn4C(C)C)ccc2O1. The summed E-state index contributed by atoms with van der Waals surface area (Å²) in [6.45, 7) is 16.2. The molecule has 2 amide bonds. The van der Waals surface area contributed by atoms with Gasteiger partial charge in [0.25, 0.3) is 11.8 Å². The van der Waals surface area contributed by atoms with E-state index in [9.17, 15) is 19.2 Å². The number of Topliss-reactive ketones (excluding diaryl/α,β-unsaturated/α-hetero) is 2. The average molecular weight is 881 g/mol. The molecule has 17 nitrogen and oxygen atoms in total. The Kier molecular flexibility index (Phi) is 12.1. The number of aromatic nitrogens is 8. The van der Waals surface area contributed by atoms with E-state index < -0.39 is 23.0 Å². The molecule has 3 aromatic heterocycles. The first-order valence-corrected chi connectivity index (χ1v) is 22.1. The number of amides is 2. The van der Waals surface area contributed by atoms with Crippen molar-refractivity contribution >= 4 is 45.4 Å². The molecule has 0 saturated heterocycles. The third-order valence-corrected chi connectivity index (χ3v) is 12.4. The summed E-state index contributed by atoms with van der Waals surface area (Å²) in [5.74, 6) is 0.842. The van der Waals surface area contributed by atoms with E-state index in [0.717, 1.165) is 47.8 Å². The summed E-state index contributed by atoms with van der Waals surface area (Å²) < 4.78 is 21.9. The van der Waals surface area contributed by atoms with Crippen LogP contribution >= 0.6 is 0 Å². The monoisotopic (exact) mass is 880 g/mol. The molecule has 7 aromatic rings. The molecule has 336 valence electrons. The van der Waals surface area contributed by atoms with Crippen LogP contribution in [0.15, 0.2) is 77.2 Å². The van der Waals surface area contributed by atoms with Crippen LogP contribution in [0.2, 0.25) is 0 Å². The first kappa shape index (κ1) is 44.3. The zero-order valence-electron chi connectivity index (χ0n) is 37.8. The van der Waals surface area contributed by atoms with Crippen LogP contribution in [0.5, 0.6) is 11.5 Å². The minimum atomic E-state index is -0.534. The summed E-state index contributed by atoms with van der Waals surface area (Å²) in [6, 6.07) is 21.3. The second-order valence-corrected chi connectivity index (χ2v) is 17.1. The van der Waals surface area contributed by atoms with Crippen molar-refractivity contribution in [1.29, 1.82) is 0 Å². The first-order chi connectivity index (χ1) is 31.2. The smallest absolute Gasteiger partial charge is 0.269 e. The Labute approximate surface area is 375 Å². The van der Waals surface area contributed by atoms with Crippen LogP contribution in [0.25, 0.3) is 45.0 Å². The molecule has 9 rings (SSSR count). The molecule has 2 aliphatic rings. The van der Waals surface area contributed by atoms with Crippen LogP contribution in [-0.4, -0.2) is 74.8 Å². The Morgan fingerprint density at radius 3 is 1.54 bits per heavy atom. The fraction of sp³-hybridized carbons (Fsp3) is 0.375. The standard InChI is InChI=1S/C24H27N5O4.C24H25N5O3/c1-5-24(6-2)13-20(30)17-11-15(8-10-21(17)33-24)22(31)26-27-23(32)16-7-9-19-18(12-16)25-28-29(19)14(3)4;1-5-24(6-2)13-20(30)17-11-15(8-10-21(17)32-24)22-26-27-23(31-22)16-7-9-19-18(12-16)25-28-29(19)14(3)4/h7-12,14H,5-6,13H2,1-4H3,(H,26,31)(H,27,32);7-12,14H,5-6,13H2,1-4H3.